The molecule has 3 rings (SSSR count). The van der Waals surface area contributed by atoms with Crippen molar-refractivity contribution in [2.45, 2.75) is 31.7 Å². The number of piperidine rings is 1. The maximum Gasteiger partial charge on any atom is 0.225 e. The Morgan fingerprint density at radius 1 is 1.32 bits per heavy atom. The van der Waals surface area contributed by atoms with Gasteiger partial charge in [-0.25, -0.2) is 0 Å². The number of aromatic nitrogens is 1. The van der Waals surface area contributed by atoms with Gasteiger partial charge < -0.3 is 10.1 Å². The van der Waals surface area contributed by atoms with Gasteiger partial charge >= 0.3 is 0 Å². The molecule has 1 fully saturated rings. The molecule has 1 aromatic heterocycles. The molecule has 2 heterocycles. The van der Waals surface area contributed by atoms with Crippen LogP contribution in [0.1, 0.15) is 37.3 Å². The Morgan fingerprint density at radius 2 is 2.24 bits per heavy atom. The first-order valence-electron chi connectivity index (χ1n) is 8.84. The van der Waals surface area contributed by atoms with E-state index in [9.17, 15) is 4.79 Å². The van der Waals surface area contributed by atoms with Crippen molar-refractivity contribution in [3.8, 4) is 5.75 Å². The molecule has 1 amide bonds. The van der Waals surface area contributed by atoms with Crippen molar-refractivity contribution in [1.82, 2.24) is 9.88 Å². The van der Waals surface area contributed by atoms with E-state index in [4.69, 9.17) is 4.74 Å². The summed E-state index contributed by atoms with van der Waals surface area (Å²) in [5.74, 6) is 0.917. The van der Waals surface area contributed by atoms with Gasteiger partial charge in [0.1, 0.15) is 5.75 Å². The molecule has 132 valence electrons. The first-order valence-corrected chi connectivity index (χ1v) is 8.84. The second kappa shape index (κ2) is 8.62. The molecule has 1 aromatic carbocycles. The third-order valence-electron chi connectivity index (χ3n) is 4.66. The van der Waals surface area contributed by atoms with Crippen molar-refractivity contribution in [3.05, 3.63) is 54.4 Å². The first-order chi connectivity index (χ1) is 12.3. The van der Waals surface area contributed by atoms with E-state index in [1.54, 1.807) is 19.5 Å². The summed E-state index contributed by atoms with van der Waals surface area (Å²) in [6.07, 6.45) is 7.37. The van der Waals surface area contributed by atoms with Crippen LogP contribution in [0.4, 0.5) is 5.69 Å². The van der Waals surface area contributed by atoms with Crippen molar-refractivity contribution < 1.29 is 9.53 Å². The largest absolute Gasteiger partial charge is 0.497 e. The summed E-state index contributed by atoms with van der Waals surface area (Å²) in [6, 6.07) is 12.3. The summed E-state index contributed by atoms with van der Waals surface area (Å²) >= 11 is 0. The number of rotatable bonds is 6. The smallest absolute Gasteiger partial charge is 0.225 e. The summed E-state index contributed by atoms with van der Waals surface area (Å²) in [6.45, 7) is 1.79. The van der Waals surface area contributed by atoms with Crippen LogP contribution in [0.15, 0.2) is 48.8 Å². The lowest BCUT2D eigenvalue weighted by atomic mass is 9.95. The lowest BCUT2D eigenvalue weighted by Gasteiger charge is -2.36. The molecule has 0 aliphatic carbocycles. The van der Waals surface area contributed by atoms with Gasteiger partial charge in [0.2, 0.25) is 5.91 Å². The van der Waals surface area contributed by atoms with Crippen molar-refractivity contribution >= 4 is 11.6 Å². The van der Waals surface area contributed by atoms with Gasteiger partial charge in [-0.3, -0.25) is 14.7 Å². The standard InChI is InChI=1S/C20H25N3O2/c1-25-18-8-4-6-16(14-18)19-9-2-3-12-23(19)13-10-20(24)22-17-7-5-11-21-15-17/h4-8,11,14-15,19H,2-3,9-10,12-13H2,1H3,(H,22,24). The molecule has 5 heteroatoms. The van der Waals surface area contributed by atoms with E-state index in [0.29, 0.717) is 12.5 Å². The number of hydrogen-bond donors (Lipinski definition) is 1. The maximum atomic E-state index is 12.2. The van der Waals surface area contributed by atoms with Crippen molar-refractivity contribution in [1.29, 1.82) is 0 Å². The molecule has 1 aliphatic heterocycles. The predicted octanol–water partition coefficient (Wildman–Crippen LogP) is 3.65. The molecule has 1 aliphatic rings. The van der Waals surface area contributed by atoms with Crippen LogP contribution in [0.2, 0.25) is 0 Å². The Hall–Kier alpha value is -2.40. The molecular weight excluding hydrogens is 314 g/mol. The van der Waals surface area contributed by atoms with E-state index in [1.165, 1.54) is 18.4 Å². The molecule has 1 atom stereocenters. The number of nitrogens with one attached hydrogen (secondary N) is 1. The number of pyridine rings is 1. The average Bonchev–Trinajstić information content (AvgIpc) is 2.67. The lowest BCUT2D eigenvalue weighted by Crippen LogP contribution is -2.35. The third kappa shape index (κ3) is 4.79. The number of likely N-dealkylation sites (tertiary alicyclic amines) is 1. The molecule has 1 N–H and O–H groups in total. The van der Waals surface area contributed by atoms with Crippen LogP contribution in [0.5, 0.6) is 5.75 Å². The fourth-order valence-corrected chi connectivity index (χ4v) is 3.39. The minimum atomic E-state index is 0.0305. The van der Waals surface area contributed by atoms with Crippen molar-refractivity contribution in [2.75, 3.05) is 25.5 Å². The Morgan fingerprint density at radius 3 is 3.04 bits per heavy atom. The average molecular weight is 339 g/mol. The highest BCUT2D eigenvalue weighted by Gasteiger charge is 2.24. The number of amides is 1. The van der Waals surface area contributed by atoms with Crippen molar-refractivity contribution in [2.24, 2.45) is 0 Å². The molecule has 0 radical (unpaired) electrons. The van der Waals surface area contributed by atoms with Crippen LogP contribution in [0, 0.1) is 0 Å². The highest BCUT2D eigenvalue weighted by atomic mass is 16.5. The number of methoxy groups -OCH3 is 1. The summed E-state index contributed by atoms with van der Waals surface area (Å²) in [5.41, 5.74) is 2.02. The Bertz CT molecular complexity index is 690. The fourth-order valence-electron chi connectivity index (χ4n) is 3.39. The highest BCUT2D eigenvalue weighted by molar-refractivity contribution is 5.90. The van der Waals surface area contributed by atoms with Crippen LogP contribution < -0.4 is 10.1 Å². The minimum absolute atomic E-state index is 0.0305. The van der Waals surface area contributed by atoms with Gasteiger partial charge in [0.25, 0.3) is 0 Å². The van der Waals surface area contributed by atoms with E-state index < -0.39 is 0 Å². The molecule has 0 bridgehead atoms. The fraction of sp³-hybridized carbons (Fsp3) is 0.400. The molecule has 2 aromatic rings. The summed E-state index contributed by atoms with van der Waals surface area (Å²) in [4.78, 5) is 18.6. The Balaban J connectivity index is 1.60. The van der Waals surface area contributed by atoms with Gasteiger partial charge in [-0.05, 0) is 49.2 Å². The van der Waals surface area contributed by atoms with Crippen LogP contribution in [0.3, 0.4) is 0 Å². The number of nitrogens with zero attached hydrogens (tertiary/aromatic N) is 2. The normalized spacial score (nSPS) is 17.9. The number of carbonyl (C=O) groups is 1. The van der Waals surface area contributed by atoms with E-state index in [-0.39, 0.29) is 5.91 Å². The van der Waals surface area contributed by atoms with Crippen LogP contribution in [0.25, 0.3) is 0 Å². The molecule has 0 saturated carbocycles. The first kappa shape index (κ1) is 17.4. The minimum Gasteiger partial charge on any atom is -0.497 e. The number of ether oxygens (including phenoxy) is 1. The monoisotopic (exact) mass is 339 g/mol. The second-order valence-electron chi connectivity index (χ2n) is 6.36. The third-order valence-corrected chi connectivity index (χ3v) is 4.66. The van der Waals surface area contributed by atoms with E-state index in [2.05, 4.69) is 27.3 Å². The zero-order valence-corrected chi connectivity index (χ0v) is 14.6. The predicted molar refractivity (Wildman–Crippen MR) is 98.6 cm³/mol. The highest BCUT2D eigenvalue weighted by Crippen LogP contribution is 2.32. The number of benzene rings is 1. The van der Waals surface area contributed by atoms with Gasteiger partial charge in [0, 0.05) is 25.2 Å². The molecular formula is C20H25N3O2. The topological polar surface area (TPSA) is 54.5 Å². The number of hydrogen-bond acceptors (Lipinski definition) is 4. The van der Waals surface area contributed by atoms with Crippen LogP contribution >= 0.6 is 0 Å². The maximum absolute atomic E-state index is 12.2. The zero-order chi connectivity index (χ0) is 17.5. The van der Waals surface area contributed by atoms with Gasteiger partial charge in [-0.2, -0.15) is 0 Å². The lowest BCUT2D eigenvalue weighted by molar-refractivity contribution is -0.116. The van der Waals surface area contributed by atoms with Crippen LogP contribution in [-0.2, 0) is 4.79 Å². The number of anilines is 1. The van der Waals surface area contributed by atoms with Crippen LogP contribution in [-0.4, -0.2) is 36.0 Å². The Kier molecular flexibility index (Phi) is 6.01. The second-order valence-corrected chi connectivity index (χ2v) is 6.36. The van der Waals surface area contributed by atoms with E-state index >= 15 is 0 Å². The van der Waals surface area contributed by atoms with Gasteiger partial charge in [-0.15, -0.1) is 0 Å². The van der Waals surface area contributed by atoms with Gasteiger partial charge in [-0.1, -0.05) is 18.6 Å². The Labute approximate surface area is 149 Å². The van der Waals surface area contributed by atoms with Crippen molar-refractivity contribution in [3.63, 3.8) is 0 Å². The quantitative estimate of drug-likeness (QED) is 0.873. The van der Waals surface area contributed by atoms with E-state index in [1.807, 2.05) is 24.3 Å². The SMILES string of the molecule is COc1cccc(C2CCCCN2CCC(=O)Nc2cccnc2)c1. The molecule has 1 saturated heterocycles. The zero-order valence-electron chi connectivity index (χ0n) is 14.6. The van der Waals surface area contributed by atoms with E-state index in [0.717, 1.165) is 30.9 Å². The summed E-state index contributed by atoms with van der Waals surface area (Å²) in [7, 11) is 1.69. The summed E-state index contributed by atoms with van der Waals surface area (Å²) < 4.78 is 5.36. The van der Waals surface area contributed by atoms with Gasteiger partial charge in [0.15, 0.2) is 0 Å². The molecule has 1 unspecified atom stereocenters. The summed E-state index contributed by atoms with van der Waals surface area (Å²) in [5, 5.41) is 2.91. The number of carbonyl (C=O) groups excluding carboxylic acids is 1. The molecule has 5 nitrogen and oxygen atoms in total. The van der Waals surface area contributed by atoms with Gasteiger partial charge in [0.05, 0.1) is 19.0 Å². The molecule has 25 heavy (non-hydrogen) atoms. The molecule has 0 spiro atoms.